The van der Waals surface area contributed by atoms with Crippen molar-refractivity contribution < 1.29 is 4.74 Å². The van der Waals surface area contributed by atoms with E-state index in [4.69, 9.17) is 4.74 Å². The highest BCUT2D eigenvalue weighted by Gasteiger charge is 2.19. The van der Waals surface area contributed by atoms with E-state index in [-0.39, 0.29) is 5.25 Å². The van der Waals surface area contributed by atoms with Crippen LogP contribution in [0.3, 0.4) is 0 Å². The quantitative estimate of drug-likeness (QED) is 0.378. The molecule has 0 aliphatic rings. The number of hydrogen-bond donors (Lipinski definition) is 0. The fourth-order valence-electron chi connectivity index (χ4n) is 3.08. The van der Waals surface area contributed by atoms with Gasteiger partial charge in [-0.2, -0.15) is 0 Å². The van der Waals surface area contributed by atoms with E-state index in [2.05, 4.69) is 50.9 Å². The lowest BCUT2D eigenvalue weighted by Crippen LogP contribution is -2.01. The minimum atomic E-state index is 0.243. The molecule has 2 aromatic carbocycles. The Kier molecular flexibility index (Phi) is 5.91. The van der Waals surface area contributed by atoms with E-state index in [1.807, 2.05) is 49.4 Å². The third-order valence-electron chi connectivity index (χ3n) is 4.53. The lowest BCUT2D eigenvalue weighted by molar-refractivity contribution is 0.340. The predicted octanol–water partition coefficient (Wildman–Crippen LogP) is 5.58. The zero-order chi connectivity index (χ0) is 20.1. The fourth-order valence-corrected chi connectivity index (χ4v) is 4.07. The van der Waals surface area contributed by atoms with E-state index in [0.717, 1.165) is 28.0 Å². The second-order valence-electron chi connectivity index (χ2n) is 6.48. The first-order chi connectivity index (χ1) is 14.3. The summed E-state index contributed by atoms with van der Waals surface area (Å²) in [4.78, 5) is 4.12. The van der Waals surface area contributed by atoms with Crippen LogP contribution in [0, 0.1) is 0 Å². The highest BCUT2D eigenvalue weighted by atomic mass is 32.2. The minimum Gasteiger partial charge on any atom is -0.494 e. The van der Waals surface area contributed by atoms with Crippen molar-refractivity contribution in [3.63, 3.8) is 0 Å². The van der Waals surface area contributed by atoms with Crippen molar-refractivity contribution >= 4 is 11.8 Å². The number of thioether (sulfide) groups is 1. The van der Waals surface area contributed by atoms with Gasteiger partial charge in [0, 0.05) is 28.9 Å². The maximum Gasteiger partial charge on any atom is 0.196 e. The van der Waals surface area contributed by atoms with Crippen LogP contribution in [0.4, 0.5) is 0 Å². The minimum absolute atomic E-state index is 0.243. The summed E-state index contributed by atoms with van der Waals surface area (Å²) >= 11 is 1.69. The Morgan fingerprint density at radius 2 is 1.66 bits per heavy atom. The van der Waals surface area contributed by atoms with Crippen LogP contribution in [0.1, 0.15) is 24.7 Å². The first-order valence-electron chi connectivity index (χ1n) is 9.57. The average molecular weight is 403 g/mol. The molecular weight excluding hydrogens is 380 g/mol. The normalized spacial score (nSPS) is 11.9. The monoisotopic (exact) mass is 402 g/mol. The van der Waals surface area contributed by atoms with Gasteiger partial charge in [-0.1, -0.05) is 42.1 Å². The molecule has 0 bridgehead atoms. The Morgan fingerprint density at radius 3 is 2.34 bits per heavy atom. The van der Waals surface area contributed by atoms with Gasteiger partial charge in [0.1, 0.15) is 5.75 Å². The molecule has 4 rings (SSSR count). The van der Waals surface area contributed by atoms with Gasteiger partial charge in [0.25, 0.3) is 0 Å². The van der Waals surface area contributed by atoms with E-state index in [0.29, 0.717) is 6.61 Å². The van der Waals surface area contributed by atoms with Gasteiger partial charge in [-0.05, 0) is 55.8 Å². The van der Waals surface area contributed by atoms with Gasteiger partial charge in [-0.3, -0.25) is 9.55 Å². The first-order valence-corrected chi connectivity index (χ1v) is 10.4. The largest absolute Gasteiger partial charge is 0.494 e. The molecule has 1 unspecified atom stereocenters. The fraction of sp³-hybridized carbons (Fsp3) is 0.174. The maximum atomic E-state index is 5.59. The van der Waals surface area contributed by atoms with Gasteiger partial charge < -0.3 is 4.74 Å². The summed E-state index contributed by atoms with van der Waals surface area (Å²) in [6.45, 7) is 4.81. The summed E-state index contributed by atoms with van der Waals surface area (Å²) in [5.74, 6) is 1.64. The molecule has 0 amide bonds. The number of ether oxygens (including phenoxy) is 1. The van der Waals surface area contributed by atoms with Gasteiger partial charge in [0.05, 0.1) is 6.61 Å². The molecule has 0 aliphatic heterocycles. The molecule has 0 spiro atoms. The highest BCUT2D eigenvalue weighted by molar-refractivity contribution is 7.99. The molecule has 0 saturated heterocycles. The Hall–Kier alpha value is -3.12. The summed E-state index contributed by atoms with van der Waals surface area (Å²) < 4.78 is 7.68. The van der Waals surface area contributed by atoms with Crippen LogP contribution in [-0.2, 0) is 0 Å². The van der Waals surface area contributed by atoms with Crippen molar-refractivity contribution in [2.75, 3.05) is 6.61 Å². The summed E-state index contributed by atoms with van der Waals surface area (Å²) in [7, 11) is 0. The zero-order valence-electron chi connectivity index (χ0n) is 16.4. The Morgan fingerprint density at radius 1 is 0.931 bits per heavy atom. The molecule has 4 aromatic rings. The number of pyridine rings is 1. The van der Waals surface area contributed by atoms with Crippen LogP contribution in [0.5, 0.6) is 5.75 Å². The van der Waals surface area contributed by atoms with Gasteiger partial charge in [-0.15, -0.1) is 10.2 Å². The summed E-state index contributed by atoms with van der Waals surface area (Å²) in [6.07, 6.45) is 3.54. The van der Waals surface area contributed by atoms with E-state index < -0.39 is 0 Å². The van der Waals surface area contributed by atoms with Crippen molar-refractivity contribution in [1.29, 1.82) is 0 Å². The molecule has 0 aliphatic carbocycles. The molecule has 1 atom stereocenters. The second kappa shape index (κ2) is 8.92. The standard InChI is InChI=1S/C23H22N4OS/c1-3-28-21-11-9-20(10-12-21)27-22(19-13-15-24-16-14-19)25-26-23(27)29-17(2)18-7-5-4-6-8-18/h4-17H,3H2,1-2H3. The number of aromatic nitrogens is 4. The predicted molar refractivity (Wildman–Crippen MR) is 116 cm³/mol. The molecular formula is C23H22N4OS. The molecule has 146 valence electrons. The molecule has 2 aromatic heterocycles. The lowest BCUT2D eigenvalue weighted by Gasteiger charge is -2.14. The molecule has 6 heteroatoms. The smallest absolute Gasteiger partial charge is 0.196 e. The van der Waals surface area contributed by atoms with E-state index in [1.165, 1.54) is 5.56 Å². The molecule has 2 heterocycles. The van der Waals surface area contributed by atoms with Crippen molar-refractivity contribution in [1.82, 2.24) is 19.7 Å². The van der Waals surface area contributed by atoms with Crippen LogP contribution in [0.25, 0.3) is 17.1 Å². The van der Waals surface area contributed by atoms with Crippen LogP contribution < -0.4 is 4.74 Å². The third-order valence-corrected chi connectivity index (χ3v) is 5.63. The first kappa shape index (κ1) is 19.2. The molecule has 0 fully saturated rings. The SMILES string of the molecule is CCOc1ccc(-n2c(SC(C)c3ccccc3)nnc2-c2ccncc2)cc1. The molecule has 29 heavy (non-hydrogen) atoms. The van der Waals surface area contributed by atoms with Crippen molar-refractivity contribution in [2.45, 2.75) is 24.3 Å². The van der Waals surface area contributed by atoms with Gasteiger partial charge >= 0.3 is 0 Å². The van der Waals surface area contributed by atoms with Crippen LogP contribution in [0.2, 0.25) is 0 Å². The van der Waals surface area contributed by atoms with E-state index in [9.17, 15) is 0 Å². The topological polar surface area (TPSA) is 52.8 Å². The zero-order valence-corrected chi connectivity index (χ0v) is 17.2. The van der Waals surface area contributed by atoms with Crippen molar-refractivity contribution in [3.8, 4) is 22.8 Å². The second-order valence-corrected chi connectivity index (χ2v) is 7.78. The van der Waals surface area contributed by atoms with Gasteiger partial charge in [-0.25, -0.2) is 0 Å². The van der Waals surface area contributed by atoms with Crippen molar-refractivity contribution in [3.05, 3.63) is 84.7 Å². The third kappa shape index (κ3) is 4.32. The highest BCUT2D eigenvalue weighted by Crippen LogP contribution is 2.37. The van der Waals surface area contributed by atoms with Gasteiger partial charge in [0.2, 0.25) is 0 Å². The number of benzene rings is 2. The Bertz CT molecular complexity index is 1050. The summed E-state index contributed by atoms with van der Waals surface area (Å²) in [5.41, 5.74) is 3.22. The summed E-state index contributed by atoms with van der Waals surface area (Å²) in [6, 6.07) is 22.4. The number of rotatable bonds is 7. The van der Waals surface area contributed by atoms with E-state index >= 15 is 0 Å². The van der Waals surface area contributed by atoms with Crippen LogP contribution >= 0.6 is 11.8 Å². The van der Waals surface area contributed by atoms with Crippen LogP contribution in [0.15, 0.2) is 84.3 Å². The van der Waals surface area contributed by atoms with Crippen molar-refractivity contribution in [2.24, 2.45) is 0 Å². The van der Waals surface area contributed by atoms with Gasteiger partial charge in [0.15, 0.2) is 11.0 Å². The molecule has 0 N–H and O–H groups in total. The molecule has 5 nitrogen and oxygen atoms in total. The molecule has 0 radical (unpaired) electrons. The van der Waals surface area contributed by atoms with Crippen LogP contribution in [-0.4, -0.2) is 26.4 Å². The Labute approximate surface area is 174 Å². The summed E-state index contributed by atoms with van der Waals surface area (Å²) in [5, 5.41) is 10.1. The molecule has 0 saturated carbocycles. The average Bonchev–Trinajstić information content (AvgIpc) is 3.19. The number of hydrogen-bond acceptors (Lipinski definition) is 5. The Balaban J connectivity index is 1.74. The lowest BCUT2D eigenvalue weighted by atomic mass is 10.2. The van der Waals surface area contributed by atoms with E-state index in [1.54, 1.807) is 24.2 Å². The maximum absolute atomic E-state index is 5.59. The number of nitrogens with zero attached hydrogens (tertiary/aromatic N) is 4.